The highest BCUT2D eigenvalue weighted by atomic mass is 16.5. The van der Waals surface area contributed by atoms with Gasteiger partial charge in [-0.15, -0.1) is 0 Å². The Kier molecular flexibility index (Phi) is 7.06. The molecule has 0 rings (SSSR count). The zero-order valence-electron chi connectivity index (χ0n) is 8.43. The Labute approximate surface area is 75.3 Å². The van der Waals surface area contributed by atoms with Crippen LogP contribution in [0.2, 0.25) is 0 Å². The predicted octanol–water partition coefficient (Wildman–Crippen LogP) is 2.42. The molecule has 0 aliphatic rings. The standard InChI is InChI=1S/C10H20O2/c1-4-5-7-12-8-6-10(11)9(2)3/h9H,4-8H2,1-3H3. The summed E-state index contributed by atoms with van der Waals surface area (Å²) in [4.78, 5) is 11.1. The smallest absolute Gasteiger partial charge is 0.137 e. The number of hydrogen-bond donors (Lipinski definition) is 0. The van der Waals surface area contributed by atoms with Gasteiger partial charge < -0.3 is 4.74 Å². The lowest BCUT2D eigenvalue weighted by molar-refractivity contribution is -0.122. The number of rotatable bonds is 7. The molecule has 0 saturated heterocycles. The van der Waals surface area contributed by atoms with Crippen LogP contribution in [0.25, 0.3) is 0 Å². The van der Waals surface area contributed by atoms with Gasteiger partial charge in [0.25, 0.3) is 0 Å². The molecule has 0 spiro atoms. The van der Waals surface area contributed by atoms with Gasteiger partial charge in [0.05, 0.1) is 6.61 Å². The fourth-order valence-electron chi connectivity index (χ4n) is 0.810. The number of Topliss-reactive ketones (excluding diaryl/α,β-unsaturated/α-hetero) is 1. The zero-order valence-corrected chi connectivity index (χ0v) is 8.43. The summed E-state index contributed by atoms with van der Waals surface area (Å²) in [6.07, 6.45) is 2.81. The van der Waals surface area contributed by atoms with E-state index in [1.54, 1.807) is 0 Å². The monoisotopic (exact) mass is 172 g/mol. The molecule has 0 atom stereocenters. The van der Waals surface area contributed by atoms with Gasteiger partial charge in [-0.05, 0) is 6.42 Å². The van der Waals surface area contributed by atoms with Gasteiger partial charge in [0.2, 0.25) is 0 Å². The minimum atomic E-state index is 0.153. The van der Waals surface area contributed by atoms with Crippen molar-refractivity contribution in [1.29, 1.82) is 0 Å². The average molecular weight is 172 g/mol. The number of ketones is 1. The van der Waals surface area contributed by atoms with Crippen LogP contribution in [0.3, 0.4) is 0 Å². The summed E-state index contributed by atoms with van der Waals surface area (Å²) < 4.78 is 5.27. The largest absolute Gasteiger partial charge is 0.381 e. The molecular weight excluding hydrogens is 152 g/mol. The lowest BCUT2D eigenvalue weighted by atomic mass is 10.1. The van der Waals surface area contributed by atoms with E-state index >= 15 is 0 Å². The molecule has 0 aliphatic carbocycles. The normalized spacial score (nSPS) is 10.7. The highest BCUT2D eigenvalue weighted by Gasteiger charge is 2.05. The first kappa shape index (κ1) is 11.6. The summed E-state index contributed by atoms with van der Waals surface area (Å²) >= 11 is 0. The van der Waals surface area contributed by atoms with Crippen LogP contribution in [-0.2, 0) is 9.53 Å². The van der Waals surface area contributed by atoms with Crippen molar-refractivity contribution >= 4 is 5.78 Å². The molecule has 0 aromatic carbocycles. The van der Waals surface area contributed by atoms with Crippen LogP contribution in [0, 0.1) is 5.92 Å². The van der Waals surface area contributed by atoms with Gasteiger partial charge in [-0.25, -0.2) is 0 Å². The molecule has 0 bridgehead atoms. The first-order valence-corrected chi connectivity index (χ1v) is 4.79. The summed E-state index contributed by atoms with van der Waals surface area (Å²) in [5.41, 5.74) is 0. The highest BCUT2D eigenvalue weighted by Crippen LogP contribution is 1.99. The molecule has 72 valence electrons. The summed E-state index contributed by atoms with van der Waals surface area (Å²) in [6, 6.07) is 0. The van der Waals surface area contributed by atoms with Crippen molar-refractivity contribution in [3.8, 4) is 0 Å². The van der Waals surface area contributed by atoms with Gasteiger partial charge in [-0.1, -0.05) is 27.2 Å². The maximum atomic E-state index is 11.1. The van der Waals surface area contributed by atoms with E-state index in [-0.39, 0.29) is 5.92 Å². The molecule has 0 fully saturated rings. The molecular formula is C10H20O2. The van der Waals surface area contributed by atoms with Gasteiger partial charge in [-0.2, -0.15) is 0 Å². The van der Waals surface area contributed by atoms with Crippen LogP contribution >= 0.6 is 0 Å². The molecule has 2 nitrogen and oxygen atoms in total. The van der Waals surface area contributed by atoms with Crippen molar-refractivity contribution in [1.82, 2.24) is 0 Å². The molecule has 0 heterocycles. The Balaban J connectivity index is 3.14. The third kappa shape index (κ3) is 6.35. The van der Waals surface area contributed by atoms with Gasteiger partial charge in [0.1, 0.15) is 5.78 Å². The molecule has 0 saturated carbocycles. The average Bonchev–Trinajstić information content (AvgIpc) is 2.03. The summed E-state index contributed by atoms with van der Waals surface area (Å²) in [6.45, 7) is 7.37. The van der Waals surface area contributed by atoms with Crippen LogP contribution in [0.1, 0.15) is 40.0 Å². The third-order valence-corrected chi connectivity index (χ3v) is 1.78. The maximum Gasteiger partial charge on any atom is 0.137 e. The van der Waals surface area contributed by atoms with Crippen molar-refractivity contribution in [3.63, 3.8) is 0 Å². The van der Waals surface area contributed by atoms with E-state index in [2.05, 4.69) is 6.92 Å². The fraction of sp³-hybridized carbons (Fsp3) is 0.900. The molecule has 0 radical (unpaired) electrons. The van der Waals surface area contributed by atoms with Crippen molar-refractivity contribution < 1.29 is 9.53 Å². The Bertz CT molecular complexity index is 119. The van der Waals surface area contributed by atoms with Gasteiger partial charge in [-0.3, -0.25) is 4.79 Å². The van der Waals surface area contributed by atoms with Crippen molar-refractivity contribution in [2.75, 3.05) is 13.2 Å². The van der Waals surface area contributed by atoms with Crippen molar-refractivity contribution in [2.45, 2.75) is 40.0 Å². The predicted molar refractivity (Wildman–Crippen MR) is 50.2 cm³/mol. The fourth-order valence-corrected chi connectivity index (χ4v) is 0.810. The second-order valence-electron chi connectivity index (χ2n) is 3.34. The Morgan fingerprint density at radius 3 is 2.50 bits per heavy atom. The number of ether oxygens (including phenoxy) is 1. The molecule has 0 aromatic rings. The van der Waals surface area contributed by atoms with Gasteiger partial charge in [0, 0.05) is 18.9 Å². The Morgan fingerprint density at radius 2 is 2.00 bits per heavy atom. The molecule has 0 aromatic heterocycles. The SMILES string of the molecule is CCCCOCCC(=O)C(C)C. The molecule has 0 unspecified atom stereocenters. The number of unbranched alkanes of at least 4 members (excludes halogenated alkanes) is 1. The molecule has 0 amide bonds. The topological polar surface area (TPSA) is 26.3 Å². The molecule has 0 N–H and O–H groups in total. The number of hydrogen-bond acceptors (Lipinski definition) is 2. The Morgan fingerprint density at radius 1 is 1.33 bits per heavy atom. The van der Waals surface area contributed by atoms with Crippen molar-refractivity contribution in [2.24, 2.45) is 5.92 Å². The first-order chi connectivity index (χ1) is 5.68. The van der Waals surface area contributed by atoms with E-state index in [4.69, 9.17) is 4.74 Å². The van der Waals surface area contributed by atoms with E-state index in [9.17, 15) is 4.79 Å². The lowest BCUT2D eigenvalue weighted by Gasteiger charge is -2.04. The second kappa shape index (κ2) is 7.29. The summed E-state index contributed by atoms with van der Waals surface area (Å²) in [5.74, 6) is 0.450. The quantitative estimate of drug-likeness (QED) is 0.551. The minimum absolute atomic E-state index is 0.153. The van der Waals surface area contributed by atoms with E-state index < -0.39 is 0 Å². The van der Waals surface area contributed by atoms with E-state index in [1.807, 2.05) is 13.8 Å². The van der Waals surface area contributed by atoms with E-state index in [0.29, 0.717) is 18.8 Å². The summed E-state index contributed by atoms with van der Waals surface area (Å²) in [7, 11) is 0. The zero-order chi connectivity index (χ0) is 9.40. The molecule has 2 heteroatoms. The van der Waals surface area contributed by atoms with Crippen LogP contribution in [-0.4, -0.2) is 19.0 Å². The Hall–Kier alpha value is -0.370. The first-order valence-electron chi connectivity index (χ1n) is 4.79. The van der Waals surface area contributed by atoms with Crippen LogP contribution in [0.5, 0.6) is 0 Å². The molecule has 0 aliphatic heterocycles. The highest BCUT2D eigenvalue weighted by molar-refractivity contribution is 5.80. The minimum Gasteiger partial charge on any atom is -0.381 e. The van der Waals surface area contributed by atoms with Gasteiger partial charge in [0.15, 0.2) is 0 Å². The maximum absolute atomic E-state index is 11.1. The van der Waals surface area contributed by atoms with Crippen LogP contribution < -0.4 is 0 Å². The van der Waals surface area contributed by atoms with E-state index in [0.717, 1.165) is 19.4 Å². The third-order valence-electron chi connectivity index (χ3n) is 1.78. The number of carbonyl (C=O) groups is 1. The van der Waals surface area contributed by atoms with Crippen LogP contribution in [0.15, 0.2) is 0 Å². The number of carbonyl (C=O) groups excluding carboxylic acids is 1. The van der Waals surface area contributed by atoms with Gasteiger partial charge >= 0.3 is 0 Å². The summed E-state index contributed by atoms with van der Waals surface area (Å²) in [5, 5.41) is 0. The second-order valence-corrected chi connectivity index (χ2v) is 3.34. The van der Waals surface area contributed by atoms with E-state index in [1.165, 1.54) is 0 Å². The lowest BCUT2D eigenvalue weighted by Crippen LogP contribution is -2.10. The van der Waals surface area contributed by atoms with Crippen LogP contribution in [0.4, 0.5) is 0 Å². The van der Waals surface area contributed by atoms with Crippen molar-refractivity contribution in [3.05, 3.63) is 0 Å². The molecule has 12 heavy (non-hydrogen) atoms.